The van der Waals surface area contributed by atoms with Crippen LogP contribution in [0.25, 0.3) is 0 Å². The lowest BCUT2D eigenvalue weighted by atomic mass is 10.0. The van der Waals surface area contributed by atoms with Crippen molar-refractivity contribution in [1.82, 2.24) is 4.98 Å². The third kappa shape index (κ3) is 2.93. The number of pyridine rings is 1. The second-order valence-corrected chi connectivity index (χ2v) is 3.92. The molecule has 2 aromatic rings. The smallest absolute Gasteiger partial charge is 0.171 e. The highest BCUT2D eigenvalue weighted by Crippen LogP contribution is 2.19. The highest BCUT2D eigenvalue weighted by atomic mass is 19.2. The molecule has 19 heavy (non-hydrogen) atoms. The van der Waals surface area contributed by atoms with Crippen molar-refractivity contribution in [3.05, 3.63) is 59.4 Å². The number of rotatable bonds is 4. The summed E-state index contributed by atoms with van der Waals surface area (Å²) in [7, 11) is 1.44. The Bertz CT molecular complexity index is 614. The number of hydrogen-bond donors (Lipinski definition) is 0. The van der Waals surface area contributed by atoms with Crippen molar-refractivity contribution >= 4 is 5.78 Å². The molecule has 0 N–H and O–H groups in total. The fourth-order valence-corrected chi connectivity index (χ4v) is 1.70. The topological polar surface area (TPSA) is 39.2 Å². The maximum Gasteiger partial charge on any atom is 0.171 e. The standard InChI is InChI=1S/C14H11F2NO2/c1-19-14-8-17-5-4-10(14)13(18)7-9-2-3-11(15)12(16)6-9/h2-6,8H,7H2,1H3. The summed E-state index contributed by atoms with van der Waals surface area (Å²) in [4.78, 5) is 15.9. The molecule has 0 aliphatic carbocycles. The average Bonchev–Trinajstić information content (AvgIpc) is 2.43. The van der Waals surface area contributed by atoms with Crippen LogP contribution in [-0.2, 0) is 6.42 Å². The lowest BCUT2D eigenvalue weighted by Gasteiger charge is -2.06. The molecule has 1 aromatic carbocycles. The summed E-state index contributed by atoms with van der Waals surface area (Å²) in [6.07, 6.45) is 2.87. The van der Waals surface area contributed by atoms with Gasteiger partial charge in [-0.2, -0.15) is 0 Å². The van der Waals surface area contributed by atoms with Crippen molar-refractivity contribution in [2.45, 2.75) is 6.42 Å². The van der Waals surface area contributed by atoms with Gasteiger partial charge in [0, 0.05) is 12.6 Å². The number of carbonyl (C=O) groups is 1. The molecule has 1 aromatic heterocycles. The molecule has 0 radical (unpaired) electrons. The Hall–Kier alpha value is -2.30. The molecule has 0 amide bonds. The molecule has 0 bridgehead atoms. The van der Waals surface area contributed by atoms with Crippen LogP contribution in [0.4, 0.5) is 8.78 Å². The number of methoxy groups -OCH3 is 1. The van der Waals surface area contributed by atoms with E-state index in [4.69, 9.17) is 4.74 Å². The van der Waals surface area contributed by atoms with Gasteiger partial charge in [0.1, 0.15) is 5.75 Å². The molecular formula is C14H11F2NO2. The minimum absolute atomic E-state index is 0.0302. The van der Waals surface area contributed by atoms with Gasteiger partial charge in [-0.3, -0.25) is 9.78 Å². The molecule has 3 nitrogen and oxygen atoms in total. The van der Waals surface area contributed by atoms with Crippen molar-refractivity contribution in [2.24, 2.45) is 0 Å². The van der Waals surface area contributed by atoms with E-state index < -0.39 is 11.6 Å². The lowest BCUT2D eigenvalue weighted by Crippen LogP contribution is -2.06. The summed E-state index contributed by atoms with van der Waals surface area (Å²) in [6.45, 7) is 0. The first-order chi connectivity index (χ1) is 9.11. The Kier molecular flexibility index (Phi) is 3.85. The number of ether oxygens (including phenoxy) is 1. The SMILES string of the molecule is COc1cnccc1C(=O)Cc1ccc(F)c(F)c1. The van der Waals surface area contributed by atoms with Crippen LogP contribution < -0.4 is 4.74 Å². The van der Waals surface area contributed by atoms with Gasteiger partial charge in [0.25, 0.3) is 0 Å². The fourth-order valence-electron chi connectivity index (χ4n) is 1.70. The highest BCUT2D eigenvalue weighted by molar-refractivity contribution is 5.99. The predicted octanol–water partition coefficient (Wildman–Crippen LogP) is 2.79. The van der Waals surface area contributed by atoms with E-state index in [1.807, 2.05) is 0 Å². The van der Waals surface area contributed by atoms with E-state index in [9.17, 15) is 13.6 Å². The van der Waals surface area contributed by atoms with Gasteiger partial charge < -0.3 is 4.74 Å². The number of carbonyl (C=O) groups excluding carboxylic acids is 1. The maximum absolute atomic E-state index is 13.1. The number of aromatic nitrogens is 1. The Morgan fingerprint density at radius 3 is 2.74 bits per heavy atom. The van der Waals surface area contributed by atoms with Crippen molar-refractivity contribution < 1.29 is 18.3 Å². The van der Waals surface area contributed by atoms with Gasteiger partial charge in [0.05, 0.1) is 18.9 Å². The second-order valence-electron chi connectivity index (χ2n) is 3.92. The molecule has 0 saturated carbocycles. The molecule has 0 aliphatic heterocycles. The molecule has 0 aliphatic rings. The Labute approximate surface area is 108 Å². The zero-order valence-electron chi connectivity index (χ0n) is 10.2. The van der Waals surface area contributed by atoms with Crippen LogP contribution in [0.5, 0.6) is 5.75 Å². The van der Waals surface area contributed by atoms with Gasteiger partial charge in [-0.05, 0) is 23.8 Å². The number of halogens is 2. The highest BCUT2D eigenvalue weighted by Gasteiger charge is 2.13. The van der Waals surface area contributed by atoms with E-state index in [1.165, 1.54) is 31.6 Å². The summed E-state index contributed by atoms with van der Waals surface area (Å²) in [6, 6.07) is 4.92. The monoisotopic (exact) mass is 263 g/mol. The first kappa shape index (κ1) is 13.1. The molecule has 0 unspecified atom stereocenters. The first-order valence-electron chi connectivity index (χ1n) is 5.57. The molecule has 1 heterocycles. The summed E-state index contributed by atoms with van der Waals surface area (Å²) in [5.74, 6) is -1.79. The van der Waals surface area contributed by atoms with E-state index in [-0.39, 0.29) is 12.2 Å². The van der Waals surface area contributed by atoms with Crippen molar-refractivity contribution in [3.63, 3.8) is 0 Å². The maximum atomic E-state index is 13.1. The van der Waals surface area contributed by atoms with Crippen LogP contribution in [0.3, 0.4) is 0 Å². The normalized spacial score (nSPS) is 10.3. The van der Waals surface area contributed by atoms with Gasteiger partial charge in [0.15, 0.2) is 17.4 Å². The van der Waals surface area contributed by atoms with E-state index in [0.29, 0.717) is 16.9 Å². The quantitative estimate of drug-likeness (QED) is 0.796. The van der Waals surface area contributed by atoms with Crippen molar-refractivity contribution in [1.29, 1.82) is 0 Å². The lowest BCUT2D eigenvalue weighted by molar-refractivity contribution is 0.0990. The molecule has 98 valence electrons. The predicted molar refractivity (Wildman–Crippen MR) is 65.2 cm³/mol. The molecule has 0 fully saturated rings. The number of hydrogen-bond acceptors (Lipinski definition) is 3. The molecule has 0 spiro atoms. The number of Topliss-reactive ketones (excluding diaryl/α,β-unsaturated/α-hetero) is 1. The minimum atomic E-state index is -0.966. The number of ketones is 1. The zero-order chi connectivity index (χ0) is 13.8. The fraction of sp³-hybridized carbons (Fsp3) is 0.143. The summed E-state index contributed by atoms with van der Waals surface area (Å²) < 4.78 is 30.9. The molecule has 2 rings (SSSR count). The average molecular weight is 263 g/mol. The van der Waals surface area contributed by atoms with E-state index in [0.717, 1.165) is 12.1 Å². The van der Waals surface area contributed by atoms with Crippen LogP contribution in [0.15, 0.2) is 36.7 Å². The van der Waals surface area contributed by atoms with Crippen molar-refractivity contribution in [2.75, 3.05) is 7.11 Å². The number of nitrogens with zero attached hydrogens (tertiary/aromatic N) is 1. The second kappa shape index (κ2) is 5.56. The summed E-state index contributed by atoms with van der Waals surface area (Å²) in [5.41, 5.74) is 0.769. The van der Waals surface area contributed by atoms with E-state index in [1.54, 1.807) is 0 Å². The zero-order valence-corrected chi connectivity index (χ0v) is 10.2. The van der Waals surface area contributed by atoms with E-state index >= 15 is 0 Å². The number of benzene rings is 1. The Morgan fingerprint density at radius 1 is 1.26 bits per heavy atom. The summed E-state index contributed by atoms with van der Waals surface area (Å²) in [5, 5.41) is 0. The van der Waals surface area contributed by atoms with Crippen molar-refractivity contribution in [3.8, 4) is 5.75 Å². The van der Waals surface area contributed by atoms with Gasteiger partial charge >= 0.3 is 0 Å². The largest absolute Gasteiger partial charge is 0.494 e. The van der Waals surface area contributed by atoms with Crippen LogP contribution in [0.1, 0.15) is 15.9 Å². The molecule has 0 saturated heterocycles. The van der Waals surface area contributed by atoms with Crippen LogP contribution in [0.2, 0.25) is 0 Å². The van der Waals surface area contributed by atoms with Gasteiger partial charge in [0.2, 0.25) is 0 Å². The summed E-state index contributed by atoms with van der Waals surface area (Å²) >= 11 is 0. The molecular weight excluding hydrogens is 252 g/mol. The Morgan fingerprint density at radius 2 is 2.05 bits per heavy atom. The Balaban J connectivity index is 2.23. The van der Waals surface area contributed by atoms with Gasteiger partial charge in [-0.15, -0.1) is 0 Å². The van der Waals surface area contributed by atoms with E-state index in [2.05, 4.69) is 4.98 Å². The first-order valence-corrected chi connectivity index (χ1v) is 5.57. The van der Waals surface area contributed by atoms with Crippen LogP contribution in [0, 0.1) is 11.6 Å². The third-order valence-corrected chi connectivity index (χ3v) is 2.65. The van der Waals surface area contributed by atoms with Crippen LogP contribution in [-0.4, -0.2) is 17.9 Å². The van der Waals surface area contributed by atoms with Gasteiger partial charge in [-0.1, -0.05) is 6.07 Å². The minimum Gasteiger partial charge on any atom is -0.494 e. The molecule has 5 heteroatoms. The third-order valence-electron chi connectivity index (χ3n) is 2.65. The van der Waals surface area contributed by atoms with Crippen LogP contribution >= 0.6 is 0 Å². The van der Waals surface area contributed by atoms with Gasteiger partial charge in [-0.25, -0.2) is 8.78 Å². The molecule has 0 atom stereocenters.